The van der Waals surface area contributed by atoms with Crippen LogP contribution in [0.3, 0.4) is 0 Å². The van der Waals surface area contributed by atoms with E-state index in [1.165, 1.54) is 25.1 Å². The van der Waals surface area contributed by atoms with E-state index in [4.69, 9.17) is 0 Å². The van der Waals surface area contributed by atoms with Gasteiger partial charge in [0.05, 0.1) is 6.54 Å². The number of hydrogen-bond acceptors (Lipinski definition) is 3. The molecule has 0 bridgehead atoms. The quantitative estimate of drug-likeness (QED) is 0.721. The molecule has 2 aromatic carbocycles. The summed E-state index contributed by atoms with van der Waals surface area (Å²) in [6, 6.07) is 10.6. The van der Waals surface area contributed by atoms with Crippen LogP contribution in [0.4, 0.5) is 20.2 Å². The average Bonchev–Trinajstić information content (AvgIpc) is 2.55. The van der Waals surface area contributed by atoms with Gasteiger partial charge in [-0.2, -0.15) is 0 Å². The van der Waals surface area contributed by atoms with E-state index in [0.717, 1.165) is 0 Å². The zero-order valence-corrected chi connectivity index (χ0v) is 13.7. The summed E-state index contributed by atoms with van der Waals surface area (Å²) in [6.07, 6.45) is 0.0717. The third-order valence-corrected chi connectivity index (χ3v) is 3.39. The van der Waals surface area contributed by atoms with E-state index in [2.05, 4.69) is 16.0 Å². The lowest BCUT2D eigenvalue weighted by molar-refractivity contribution is -0.119. The van der Waals surface area contributed by atoms with Crippen LogP contribution < -0.4 is 16.0 Å². The van der Waals surface area contributed by atoms with Gasteiger partial charge in [-0.3, -0.25) is 9.59 Å². The Hall–Kier alpha value is -2.96. The van der Waals surface area contributed by atoms with E-state index in [9.17, 15) is 18.4 Å². The van der Waals surface area contributed by atoms with Crippen LogP contribution in [0.2, 0.25) is 0 Å². The summed E-state index contributed by atoms with van der Waals surface area (Å²) in [5.74, 6) is -1.73. The summed E-state index contributed by atoms with van der Waals surface area (Å²) in [6.45, 7) is 1.54. The molecular weight excluding hydrogens is 328 g/mol. The summed E-state index contributed by atoms with van der Waals surface area (Å²) in [4.78, 5) is 22.8. The normalized spacial score (nSPS) is 10.2. The first kappa shape index (κ1) is 18.4. The van der Waals surface area contributed by atoms with E-state index in [-0.39, 0.29) is 36.9 Å². The third-order valence-electron chi connectivity index (χ3n) is 3.39. The second-order valence-electron chi connectivity index (χ2n) is 5.42. The Bertz CT molecular complexity index is 745. The number of carbonyl (C=O) groups excluding carboxylic acids is 2. The number of amides is 2. The minimum atomic E-state index is -0.623. The van der Waals surface area contributed by atoms with Crippen LogP contribution in [0.15, 0.2) is 42.5 Å². The molecule has 0 aliphatic rings. The maximum atomic E-state index is 13.5. The number of rotatable bonds is 7. The van der Waals surface area contributed by atoms with Crippen LogP contribution in [0.1, 0.15) is 12.5 Å². The molecule has 2 amide bonds. The molecule has 25 heavy (non-hydrogen) atoms. The summed E-state index contributed by atoms with van der Waals surface area (Å²) in [7, 11) is 0. The van der Waals surface area contributed by atoms with Crippen molar-refractivity contribution in [2.45, 2.75) is 13.3 Å². The van der Waals surface area contributed by atoms with Crippen molar-refractivity contribution in [2.24, 2.45) is 0 Å². The van der Waals surface area contributed by atoms with Gasteiger partial charge in [-0.25, -0.2) is 8.78 Å². The number of carbonyl (C=O) groups is 2. The van der Waals surface area contributed by atoms with E-state index >= 15 is 0 Å². The lowest BCUT2D eigenvalue weighted by Gasteiger charge is -2.10. The summed E-state index contributed by atoms with van der Waals surface area (Å²) in [5, 5.41) is 8.16. The molecule has 7 heteroatoms. The summed E-state index contributed by atoms with van der Waals surface area (Å²) in [5.41, 5.74) is 1.24. The van der Waals surface area contributed by atoms with Gasteiger partial charge >= 0.3 is 0 Å². The molecule has 0 spiro atoms. The average molecular weight is 347 g/mol. The van der Waals surface area contributed by atoms with Gasteiger partial charge < -0.3 is 16.0 Å². The Morgan fingerprint density at radius 3 is 2.32 bits per heavy atom. The number of hydrogen-bond donors (Lipinski definition) is 3. The molecule has 0 aromatic heterocycles. The molecule has 0 saturated heterocycles. The van der Waals surface area contributed by atoms with Crippen molar-refractivity contribution in [3.8, 4) is 0 Å². The van der Waals surface area contributed by atoms with Crippen molar-refractivity contribution >= 4 is 23.2 Å². The van der Waals surface area contributed by atoms with Crippen LogP contribution >= 0.6 is 0 Å². The molecule has 2 rings (SSSR count). The molecule has 0 atom stereocenters. The third kappa shape index (κ3) is 5.87. The van der Waals surface area contributed by atoms with Gasteiger partial charge in [0, 0.05) is 30.4 Å². The smallest absolute Gasteiger partial charge is 0.239 e. The highest BCUT2D eigenvalue weighted by Crippen LogP contribution is 2.15. The monoisotopic (exact) mass is 347 g/mol. The maximum Gasteiger partial charge on any atom is 0.239 e. The SMILES string of the molecule is CC(=O)Nc1cccc(NCC(=O)NCCc2c(F)cccc2F)c1. The lowest BCUT2D eigenvalue weighted by Crippen LogP contribution is -2.31. The zero-order chi connectivity index (χ0) is 18.2. The van der Waals surface area contributed by atoms with Crippen LogP contribution in [0.5, 0.6) is 0 Å². The second-order valence-corrected chi connectivity index (χ2v) is 5.42. The van der Waals surface area contributed by atoms with Gasteiger partial charge in [-0.1, -0.05) is 12.1 Å². The van der Waals surface area contributed by atoms with Crippen molar-refractivity contribution in [3.63, 3.8) is 0 Å². The van der Waals surface area contributed by atoms with E-state index in [1.807, 2.05) is 0 Å². The summed E-state index contributed by atoms with van der Waals surface area (Å²) >= 11 is 0. The molecule has 5 nitrogen and oxygen atoms in total. The first-order chi connectivity index (χ1) is 12.0. The molecule has 0 saturated carbocycles. The Labute approximate surface area is 144 Å². The van der Waals surface area contributed by atoms with Gasteiger partial charge in [0.2, 0.25) is 11.8 Å². The molecule has 132 valence electrons. The predicted octanol–water partition coefficient (Wildman–Crippen LogP) is 2.69. The standard InChI is InChI=1S/C18H19F2N3O2/c1-12(24)23-14-5-2-4-13(10-14)22-11-18(25)21-9-8-15-16(19)6-3-7-17(15)20/h2-7,10,22H,8-9,11H2,1H3,(H,21,25)(H,23,24). The number of anilines is 2. The molecule has 0 aliphatic heterocycles. The van der Waals surface area contributed by atoms with Crippen LogP contribution in [-0.4, -0.2) is 24.9 Å². The van der Waals surface area contributed by atoms with Crippen LogP contribution in [-0.2, 0) is 16.0 Å². The van der Waals surface area contributed by atoms with Gasteiger partial charge in [-0.15, -0.1) is 0 Å². The molecule has 0 heterocycles. The number of nitrogens with one attached hydrogen (secondary N) is 3. The number of halogens is 2. The first-order valence-corrected chi connectivity index (χ1v) is 7.77. The van der Waals surface area contributed by atoms with Crippen molar-refractivity contribution in [1.29, 1.82) is 0 Å². The minimum absolute atomic E-state index is 0.00325. The predicted molar refractivity (Wildman–Crippen MR) is 92.3 cm³/mol. The molecule has 3 N–H and O–H groups in total. The second kappa shape index (κ2) is 8.77. The first-order valence-electron chi connectivity index (χ1n) is 7.77. The zero-order valence-electron chi connectivity index (χ0n) is 13.7. The summed E-state index contributed by atoms with van der Waals surface area (Å²) < 4.78 is 27.0. The van der Waals surface area contributed by atoms with Crippen molar-refractivity contribution < 1.29 is 18.4 Å². The lowest BCUT2D eigenvalue weighted by atomic mass is 10.1. The minimum Gasteiger partial charge on any atom is -0.376 e. The van der Waals surface area contributed by atoms with Gasteiger partial charge in [0.15, 0.2) is 0 Å². The van der Waals surface area contributed by atoms with Gasteiger partial charge in [0.25, 0.3) is 0 Å². The molecule has 0 fully saturated rings. The molecule has 0 aliphatic carbocycles. The Morgan fingerprint density at radius 2 is 1.64 bits per heavy atom. The van der Waals surface area contributed by atoms with Crippen LogP contribution in [0.25, 0.3) is 0 Å². The van der Waals surface area contributed by atoms with Crippen molar-refractivity contribution in [3.05, 3.63) is 59.7 Å². The topological polar surface area (TPSA) is 70.2 Å². The highest BCUT2D eigenvalue weighted by molar-refractivity contribution is 5.89. The van der Waals surface area contributed by atoms with Gasteiger partial charge in [-0.05, 0) is 36.8 Å². The maximum absolute atomic E-state index is 13.5. The largest absolute Gasteiger partial charge is 0.376 e. The molecule has 0 radical (unpaired) electrons. The Kier molecular flexibility index (Phi) is 6.45. The fourth-order valence-corrected chi connectivity index (χ4v) is 2.25. The van der Waals surface area contributed by atoms with E-state index in [0.29, 0.717) is 11.4 Å². The van der Waals surface area contributed by atoms with E-state index in [1.54, 1.807) is 24.3 Å². The fraction of sp³-hybridized carbons (Fsp3) is 0.222. The van der Waals surface area contributed by atoms with E-state index < -0.39 is 11.6 Å². The number of benzene rings is 2. The molecule has 2 aromatic rings. The van der Waals surface area contributed by atoms with Crippen LogP contribution in [0, 0.1) is 11.6 Å². The van der Waals surface area contributed by atoms with Crippen molar-refractivity contribution in [1.82, 2.24) is 5.32 Å². The Balaban J connectivity index is 1.78. The van der Waals surface area contributed by atoms with Gasteiger partial charge in [0.1, 0.15) is 11.6 Å². The molecule has 0 unspecified atom stereocenters. The Morgan fingerprint density at radius 1 is 1.00 bits per heavy atom. The highest BCUT2D eigenvalue weighted by atomic mass is 19.1. The van der Waals surface area contributed by atoms with Crippen molar-refractivity contribution in [2.75, 3.05) is 23.7 Å². The molecular formula is C18H19F2N3O2. The highest BCUT2D eigenvalue weighted by Gasteiger charge is 2.09. The fourth-order valence-electron chi connectivity index (χ4n) is 2.25.